The van der Waals surface area contributed by atoms with Gasteiger partial charge in [0, 0.05) is 18.9 Å². The molecule has 38 heavy (non-hydrogen) atoms. The summed E-state index contributed by atoms with van der Waals surface area (Å²) in [6.07, 6.45) is 3.27. The van der Waals surface area contributed by atoms with E-state index in [1.807, 2.05) is 6.07 Å². The van der Waals surface area contributed by atoms with Crippen molar-refractivity contribution in [3.63, 3.8) is 0 Å². The summed E-state index contributed by atoms with van der Waals surface area (Å²) in [7, 11) is -4.15. The Labute approximate surface area is 230 Å². The smallest absolute Gasteiger partial charge is 0.264 e. The van der Waals surface area contributed by atoms with Crippen molar-refractivity contribution in [2.75, 3.05) is 16.2 Å². The molecule has 8 nitrogen and oxygen atoms in total. The minimum absolute atomic E-state index is 0.00551. The van der Waals surface area contributed by atoms with Gasteiger partial charge >= 0.3 is 0 Å². The molecule has 0 spiro atoms. The molecule has 0 aliphatic heterocycles. The minimum Gasteiger partial charge on any atom is -0.348 e. The van der Waals surface area contributed by atoms with Crippen LogP contribution < -0.4 is 14.9 Å². The highest BCUT2D eigenvalue weighted by Gasteiger charge is 2.28. The van der Waals surface area contributed by atoms with Crippen LogP contribution in [0.1, 0.15) is 15.9 Å². The average Bonchev–Trinajstić information content (AvgIpc) is 2.93. The number of aromatic nitrogens is 1. The molecule has 1 heterocycles. The third kappa shape index (κ3) is 6.49. The number of sulfonamides is 1. The second-order valence-corrected chi connectivity index (χ2v) is 10.7. The number of para-hydroxylation sites is 1. The van der Waals surface area contributed by atoms with Crippen molar-refractivity contribution >= 4 is 56.4 Å². The maximum atomic E-state index is 13.5. The predicted octanol–water partition coefficient (Wildman–Crippen LogP) is 5.15. The summed E-state index contributed by atoms with van der Waals surface area (Å²) in [5, 5.41) is 5.82. The fourth-order valence-corrected chi connectivity index (χ4v) is 5.29. The van der Waals surface area contributed by atoms with Gasteiger partial charge in [-0.05, 0) is 54.1 Å². The van der Waals surface area contributed by atoms with Gasteiger partial charge in [0.15, 0.2) is 0 Å². The topological polar surface area (TPSA) is 108 Å². The Morgan fingerprint density at radius 3 is 2.32 bits per heavy atom. The van der Waals surface area contributed by atoms with Crippen LogP contribution in [0, 0.1) is 0 Å². The molecule has 4 rings (SSSR count). The number of pyridine rings is 1. The number of amides is 2. The molecule has 2 amide bonds. The van der Waals surface area contributed by atoms with E-state index >= 15 is 0 Å². The maximum Gasteiger partial charge on any atom is 0.264 e. The summed E-state index contributed by atoms with van der Waals surface area (Å²) in [5.41, 5.74) is 1.41. The van der Waals surface area contributed by atoms with E-state index in [1.54, 1.807) is 60.9 Å². The monoisotopic (exact) mass is 568 g/mol. The number of nitrogens with one attached hydrogen (secondary N) is 2. The Morgan fingerprint density at radius 1 is 0.868 bits per heavy atom. The van der Waals surface area contributed by atoms with Gasteiger partial charge in [-0.25, -0.2) is 8.42 Å². The molecule has 0 saturated carbocycles. The van der Waals surface area contributed by atoms with Crippen molar-refractivity contribution in [2.45, 2.75) is 11.4 Å². The molecule has 2 N–H and O–H groups in total. The van der Waals surface area contributed by atoms with Crippen molar-refractivity contribution < 1.29 is 18.0 Å². The molecule has 1 aromatic heterocycles. The Bertz CT molecular complexity index is 1550. The van der Waals surface area contributed by atoms with Gasteiger partial charge in [-0.15, -0.1) is 0 Å². The molecular formula is C27H22Cl2N4O4S. The third-order valence-electron chi connectivity index (χ3n) is 5.43. The SMILES string of the molecule is O=C(CN(c1ccc(Cl)c(Cl)c1)S(=O)(=O)c1ccccc1)Nc1ccccc1C(=O)NCc1cccnc1. The first-order valence-corrected chi connectivity index (χ1v) is 13.5. The highest BCUT2D eigenvalue weighted by molar-refractivity contribution is 7.92. The largest absolute Gasteiger partial charge is 0.348 e. The van der Waals surface area contributed by atoms with E-state index in [0.717, 1.165) is 9.87 Å². The number of carbonyl (C=O) groups is 2. The minimum atomic E-state index is -4.15. The molecule has 0 atom stereocenters. The van der Waals surface area contributed by atoms with Gasteiger partial charge in [-0.2, -0.15) is 0 Å². The number of carbonyl (C=O) groups excluding carboxylic acids is 2. The molecule has 0 bridgehead atoms. The van der Waals surface area contributed by atoms with Crippen LogP contribution in [0.4, 0.5) is 11.4 Å². The number of benzene rings is 3. The van der Waals surface area contributed by atoms with Crippen LogP contribution in [0.15, 0.2) is 102 Å². The lowest BCUT2D eigenvalue weighted by Gasteiger charge is -2.24. The Hall–Kier alpha value is -3.92. The van der Waals surface area contributed by atoms with E-state index in [-0.39, 0.29) is 38.4 Å². The van der Waals surface area contributed by atoms with E-state index in [0.29, 0.717) is 0 Å². The molecule has 0 unspecified atom stereocenters. The lowest BCUT2D eigenvalue weighted by Crippen LogP contribution is -2.38. The first-order valence-electron chi connectivity index (χ1n) is 11.3. The second kappa shape index (κ2) is 12.1. The Morgan fingerprint density at radius 2 is 1.61 bits per heavy atom. The standard InChI is InChI=1S/C27H22Cl2N4O4S/c28-23-13-12-20(15-24(23)29)33(38(36,37)21-8-2-1-3-9-21)18-26(34)32-25-11-5-4-10-22(25)27(35)31-17-19-7-6-14-30-16-19/h1-16H,17-18H2,(H,31,35)(H,32,34). The quantitative estimate of drug-likeness (QED) is 0.290. The van der Waals surface area contributed by atoms with Crippen molar-refractivity contribution in [3.8, 4) is 0 Å². The third-order valence-corrected chi connectivity index (χ3v) is 7.96. The van der Waals surface area contributed by atoms with Gasteiger partial charge < -0.3 is 10.6 Å². The van der Waals surface area contributed by atoms with Gasteiger partial charge in [0.05, 0.1) is 31.9 Å². The molecule has 0 aliphatic carbocycles. The van der Waals surface area contributed by atoms with Crippen LogP contribution in [0.5, 0.6) is 0 Å². The van der Waals surface area contributed by atoms with E-state index in [4.69, 9.17) is 23.2 Å². The number of anilines is 2. The number of hydrogen-bond acceptors (Lipinski definition) is 5. The van der Waals surface area contributed by atoms with Crippen molar-refractivity contribution in [2.24, 2.45) is 0 Å². The lowest BCUT2D eigenvalue weighted by molar-refractivity contribution is -0.114. The van der Waals surface area contributed by atoms with Crippen LogP contribution in [-0.4, -0.2) is 31.8 Å². The second-order valence-electron chi connectivity index (χ2n) is 8.06. The van der Waals surface area contributed by atoms with E-state index < -0.39 is 28.4 Å². The zero-order chi connectivity index (χ0) is 27.1. The molecule has 0 aliphatic rings. The predicted molar refractivity (Wildman–Crippen MR) is 148 cm³/mol. The highest BCUT2D eigenvalue weighted by atomic mass is 35.5. The first-order chi connectivity index (χ1) is 18.3. The van der Waals surface area contributed by atoms with Crippen molar-refractivity contribution in [1.29, 1.82) is 0 Å². The Kier molecular flexibility index (Phi) is 8.62. The Balaban J connectivity index is 1.57. The fourth-order valence-electron chi connectivity index (χ4n) is 3.57. The van der Waals surface area contributed by atoms with Gasteiger partial charge in [-0.1, -0.05) is 59.6 Å². The highest BCUT2D eigenvalue weighted by Crippen LogP contribution is 2.30. The zero-order valence-corrected chi connectivity index (χ0v) is 22.2. The van der Waals surface area contributed by atoms with Gasteiger partial charge in [0.1, 0.15) is 6.54 Å². The summed E-state index contributed by atoms with van der Waals surface area (Å²) in [6, 6.07) is 22.0. The van der Waals surface area contributed by atoms with Gasteiger partial charge in [0.2, 0.25) is 5.91 Å². The normalized spacial score (nSPS) is 11.0. The van der Waals surface area contributed by atoms with Crippen LogP contribution in [0.3, 0.4) is 0 Å². The van der Waals surface area contributed by atoms with E-state index in [2.05, 4.69) is 15.6 Å². The molecular weight excluding hydrogens is 547 g/mol. The first kappa shape index (κ1) is 27.1. The number of nitrogens with zero attached hydrogens (tertiary/aromatic N) is 2. The van der Waals surface area contributed by atoms with Crippen LogP contribution in [-0.2, 0) is 21.4 Å². The van der Waals surface area contributed by atoms with E-state index in [1.165, 1.54) is 30.3 Å². The van der Waals surface area contributed by atoms with Crippen molar-refractivity contribution in [1.82, 2.24) is 10.3 Å². The average molecular weight is 569 g/mol. The number of halogens is 2. The molecule has 3 aromatic carbocycles. The fraction of sp³-hybridized carbons (Fsp3) is 0.0741. The summed E-state index contributed by atoms with van der Waals surface area (Å²) < 4.78 is 28.0. The van der Waals surface area contributed by atoms with E-state index in [9.17, 15) is 18.0 Å². The van der Waals surface area contributed by atoms with Crippen LogP contribution >= 0.6 is 23.2 Å². The van der Waals surface area contributed by atoms with Gasteiger partial charge in [0.25, 0.3) is 15.9 Å². The molecule has 194 valence electrons. The molecule has 0 fully saturated rings. The summed E-state index contributed by atoms with van der Waals surface area (Å²) in [6.45, 7) is -0.337. The van der Waals surface area contributed by atoms with Crippen LogP contribution in [0.25, 0.3) is 0 Å². The molecule has 4 aromatic rings. The van der Waals surface area contributed by atoms with Crippen LogP contribution in [0.2, 0.25) is 10.0 Å². The number of rotatable bonds is 9. The lowest BCUT2D eigenvalue weighted by atomic mass is 10.1. The maximum absolute atomic E-state index is 13.5. The molecule has 11 heteroatoms. The zero-order valence-electron chi connectivity index (χ0n) is 19.8. The summed E-state index contributed by atoms with van der Waals surface area (Å²) in [4.78, 5) is 30.0. The summed E-state index contributed by atoms with van der Waals surface area (Å²) >= 11 is 12.2. The molecule has 0 saturated heterocycles. The molecule has 0 radical (unpaired) electrons. The van der Waals surface area contributed by atoms with Gasteiger partial charge in [-0.3, -0.25) is 18.9 Å². The summed E-state index contributed by atoms with van der Waals surface area (Å²) in [5.74, 6) is -1.08. The number of hydrogen-bond donors (Lipinski definition) is 2. The van der Waals surface area contributed by atoms with Crippen molar-refractivity contribution in [3.05, 3.63) is 118 Å².